The van der Waals surface area contributed by atoms with Crippen LogP contribution in [0.1, 0.15) is 98.0 Å². The van der Waals surface area contributed by atoms with Crippen LogP contribution < -0.4 is 0 Å². The smallest absolute Gasteiger partial charge is 0.252 e. The van der Waals surface area contributed by atoms with Gasteiger partial charge in [-0.2, -0.15) is 0 Å². The molecule has 3 amide bonds. The number of amides is 3. The number of carbonyl (C=O) groups is 3. The molecule has 0 radical (unpaired) electrons. The summed E-state index contributed by atoms with van der Waals surface area (Å²) in [5.41, 5.74) is 0.991. The standard InChI is InChI=1S/C39H60ClN5O4/c1-26(2)41-17-19-42(20-18-41)37(47)34-22-31(45(30-15-9-27(3)10-16-30)38(48)35-8-7-21-49-35)23-44(34)36(46)33-25-43(39(4,5)6)24-32(33)28-11-13-29(40)14-12-28/h11-14,26-27,30-35H,7-10,15-25H2,1-6H3/t27?,30?,31-,32-,33+,34-,35-/m0/s1. The van der Waals surface area contributed by atoms with Crippen molar-refractivity contribution in [3.63, 3.8) is 0 Å². The second-order valence-electron chi connectivity index (χ2n) is 16.9. The van der Waals surface area contributed by atoms with Gasteiger partial charge in [-0.15, -0.1) is 0 Å². The van der Waals surface area contributed by atoms with Gasteiger partial charge in [-0.05, 0) is 103 Å². The van der Waals surface area contributed by atoms with E-state index in [4.69, 9.17) is 16.3 Å². The lowest BCUT2D eigenvalue weighted by Gasteiger charge is -2.41. The third kappa shape index (κ3) is 8.00. The van der Waals surface area contributed by atoms with E-state index in [2.05, 4.69) is 68.4 Å². The van der Waals surface area contributed by atoms with Crippen LogP contribution in [0.5, 0.6) is 0 Å². The van der Waals surface area contributed by atoms with Crippen molar-refractivity contribution in [3.8, 4) is 0 Å². The van der Waals surface area contributed by atoms with Crippen LogP contribution in [0.2, 0.25) is 5.02 Å². The normalized spacial score (nSPS) is 31.9. The van der Waals surface area contributed by atoms with Crippen LogP contribution in [0.4, 0.5) is 0 Å². The van der Waals surface area contributed by atoms with Crippen LogP contribution >= 0.6 is 11.6 Å². The summed E-state index contributed by atoms with van der Waals surface area (Å²) in [4.78, 5) is 54.8. The second kappa shape index (κ2) is 15.2. The minimum Gasteiger partial charge on any atom is -0.368 e. The molecule has 5 aliphatic rings. The van der Waals surface area contributed by atoms with Crippen molar-refractivity contribution in [3.05, 3.63) is 34.9 Å². The number of rotatable bonds is 7. The van der Waals surface area contributed by atoms with Crippen LogP contribution in [0.15, 0.2) is 24.3 Å². The van der Waals surface area contributed by atoms with Gasteiger partial charge in [0.2, 0.25) is 11.8 Å². The maximum absolute atomic E-state index is 15.1. The maximum atomic E-state index is 15.1. The number of piperazine rings is 1. The molecule has 1 aromatic rings. The van der Waals surface area contributed by atoms with Crippen LogP contribution in [-0.4, -0.2) is 130 Å². The van der Waals surface area contributed by atoms with Crippen LogP contribution in [-0.2, 0) is 19.1 Å². The Kier molecular flexibility index (Phi) is 11.3. The van der Waals surface area contributed by atoms with Gasteiger partial charge in [0.15, 0.2) is 0 Å². The minimum atomic E-state index is -0.583. The molecule has 0 N–H and O–H groups in total. The Morgan fingerprint density at radius 2 is 1.55 bits per heavy atom. The number of carbonyl (C=O) groups excluding carboxylic acids is 3. The molecule has 1 aromatic carbocycles. The molecule has 9 nitrogen and oxygen atoms in total. The van der Waals surface area contributed by atoms with Crippen LogP contribution in [0.25, 0.3) is 0 Å². The molecule has 5 fully saturated rings. The van der Waals surface area contributed by atoms with E-state index in [0.29, 0.717) is 56.2 Å². The zero-order valence-electron chi connectivity index (χ0n) is 30.8. The SMILES string of the molecule is CC1CCC(N(C(=O)[C@@H]2CCCO2)[C@H]2C[C@@H](C(=O)N3CCN(C(C)C)CC3)N(C(=O)[C@@H]3CN(C(C)(C)C)C[C@H]3c3ccc(Cl)cc3)C2)CC1. The number of hydrogen-bond acceptors (Lipinski definition) is 6. The van der Waals surface area contributed by atoms with Crippen molar-refractivity contribution in [2.75, 3.05) is 52.4 Å². The number of halogens is 1. The molecule has 0 spiro atoms. The first-order chi connectivity index (χ1) is 23.3. The summed E-state index contributed by atoms with van der Waals surface area (Å²) in [6, 6.07) is 7.67. The van der Waals surface area contributed by atoms with E-state index >= 15 is 4.79 Å². The number of benzene rings is 1. The number of nitrogens with zero attached hydrogens (tertiary/aromatic N) is 5. The highest BCUT2D eigenvalue weighted by atomic mass is 35.5. The first-order valence-corrected chi connectivity index (χ1v) is 19.5. The summed E-state index contributed by atoms with van der Waals surface area (Å²) in [6.45, 7) is 18.7. The number of likely N-dealkylation sites (tertiary alicyclic amines) is 2. The molecule has 6 rings (SSSR count). The third-order valence-electron chi connectivity index (χ3n) is 12.3. The summed E-state index contributed by atoms with van der Waals surface area (Å²) in [7, 11) is 0. The number of hydrogen-bond donors (Lipinski definition) is 0. The average Bonchev–Trinajstić information content (AvgIpc) is 3.86. The fourth-order valence-electron chi connectivity index (χ4n) is 9.14. The molecule has 0 unspecified atom stereocenters. The molecule has 1 saturated carbocycles. The monoisotopic (exact) mass is 697 g/mol. The van der Waals surface area contributed by atoms with Crippen molar-refractivity contribution in [2.24, 2.45) is 11.8 Å². The topological polar surface area (TPSA) is 76.6 Å². The van der Waals surface area contributed by atoms with Crippen molar-refractivity contribution >= 4 is 29.3 Å². The van der Waals surface area contributed by atoms with Crippen LogP contribution in [0.3, 0.4) is 0 Å². The largest absolute Gasteiger partial charge is 0.368 e. The van der Waals surface area contributed by atoms with E-state index in [1.807, 2.05) is 21.9 Å². The lowest BCUT2D eigenvalue weighted by Crippen LogP contribution is -2.56. The van der Waals surface area contributed by atoms with Crippen molar-refractivity contribution < 1.29 is 19.1 Å². The summed E-state index contributed by atoms with van der Waals surface area (Å²) in [5.74, 6) is 0.467. The molecule has 0 aromatic heterocycles. The molecule has 4 heterocycles. The summed E-state index contributed by atoms with van der Waals surface area (Å²) < 4.78 is 5.97. The molecule has 10 heteroatoms. The lowest BCUT2D eigenvalue weighted by molar-refractivity contribution is -0.148. The van der Waals surface area contributed by atoms with Gasteiger partial charge in [-0.25, -0.2) is 0 Å². The van der Waals surface area contributed by atoms with Crippen molar-refractivity contribution in [2.45, 2.75) is 128 Å². The number of ether oxygens (including phenoxy) is 1. The maximum Gasteiger partial charge on any atom is 0.252 e. The van der Waals surface area contributed by atoms with E-state index in [1.54, 1.807) is 0 Å². The lowest BCUT2D eigenvalue weighted by atomic mass is 9.85. The van der Waals surface area contributed by atoms with Gasteiger partial charge in [0.25, 0.3) is 5.91 Å². The van der Waals surface area contributed by atoms with Gasteiger partial charge < -0.3 is 19.4 Å². The van der Waals surface area contributed by atoms with E-state index in [1.165, 1.54) is 0 Å². The zero-order valence-corrected chi connectivity index (χ0v) is 31.5. The Morgan fingerprint density at radius 1 is 0.878 bits per heavy atom. The van der Waals surface area contributed by atoms with Gasteiger partial charge in [-0.3, -0.25) is 24.2 Å². The molecule has 5 atom stereocenters. The van der Waals surface area contributed by atoms with Crippen molar-refractivity contribution in [1.82, 2.24) is 24.5 Å². The van der Waals surface area contributed by atoms with Gasteiger partial charge >= 0.3 is 0 Å². The predicted octanol–water partition coefficient (Wildman–Crippen LogP) is 5.26. The summed E-state index contributed by atoms with van der Waals surface area (Å²) in [5, 5.41) is 0.677. The summed E-state index contributed by atoms with van der Waals surface area (Å²) >= 11 is 6.29. The average molecular weight is 698 g/mol. The first-order valence-electron chi connectivity index (χ1n) is 19.1. The second-order valence-corrected chi connectivity index (χ2v) is 17.3. The zero-order chi connectivity index (χ0) is 35.0. The Bertz CT molecular complexity index is 1310. The Balaban J connectivity index is 1.32. The van der Waals surface area contributed by atoms with E-state index in [-0.39, 0.29) is 47.2 Å². The molecule has 4 aliphatic heterocycles. The first kappa shape index (κ1) is 36.6. The van der Waals surface area contributed by atoms with Crippen molar-refractivity contribution in [1.29, 1.82) is 0 Å². The van der Waals surface area contributed by atoms with Gasteiger partial charge in [0, 0.05) is 81.0 Å². The van der Waals surface area contributed by atoms with Gasteiger partial charge in [-0.1, -0.05) is 30.7 Å². The summed E-state index contributed by atoms with van der Waals surface area (Å²) in [6.07, 6.45) is 5.79. The molecule has 49 heavy (non-hydrogen) atoms. The Hall–Kier alpha value is -2.20. The molecule has 272 valence electrons. The molecular weight excluding hydrogens is 638 g/mol. The van der Waals surface area contributed by atoms with E-state index < -0.39 is 12.1 Å². The highest BCUT2D eigenvalue weighted by molar-refractivity contribution is 6.30. The Morgan fingerprint density at radius 3 is 2.14 bits per heavy atom. The highest BCUT2D eigenvalue weighted by Gasteiger charge is 2.51. The predicted molar refractivity (Wildman–Crippen MR) is 193 cm³/mol. The quantitative estimate of drug-likeness (QED) is 0.387. The molecular formula is C39H60ClN5O4. The van der Waals surface area contributed by atoms with Gasteiger partial charge in [0.1, 0.15) is 12.1 Å². The molecule has 1 aliphatic carbocycles. The highest BCUT2D eigenvalue weighted by Crippen LogP contribution is 2.40. The van der Waals surface area contributed by atoms with E-state index in [0.717, 1.165) is 63.7 Å². The van der Waals surface area contributed by atoms with Crippen LogP contribution in [0, 0.1) is 11.8 Å². The fraction of sp³-hybridized carbons (Fsp3) is 0.769. The third-order valence-corrected chi connectivity index (χ3v) is 12.6. The minimum absolute atomic E-state index is 0.0159. The Labute approximate surface area is 299 Å². The fourth-order valence-corrected chi connectivity index (χ4v) is 9.27. The van der Waals surface area contributed by atoms with E-state index in [9.17, 15) is 9.59 Å². The molecule has 4 saturated heterocycles. The molecule has 0 bridgehead atoms. The van der Waals surface area contributed by atoms with Gasteiger partial charge in [0.05, 0.1) is 12.0 Å².